The van der Waals surface area contributed by atoms with Crippen molar-refractivity contribution >= 4 is 29.3 Å². The van der Waals surface area contributed by atoms with Crippen molar-refractivity contribution in [3.63, 3.8) is 0 Å². The molecule has 1 aromatic heterocycles. The summed E-state index contributed by atoms with van der Waals surface area (Å²) in [5.74, 6) is -0.113. The van der Waals surface area contributed by atoms with Gasteiger partial charge in [0.2, 0.25) is 11.6 Å². The monoisotopic (exact) mass is 445 g/mol. The number of hydrogen-bond donors (Lipinski definition) is 2. The third-order valence-electron chi connectivity index (χ3n) is 4.52. The molecule has 3 rings (SSSR count). The van der Waals surface area contributed by atoms with E-state index in [2.05, 4.69) is 20.8 Å². The first-order valence-corrected chi connectivity index (χ1v) is 9.88. The maximum atomic E-state index is 12.0. The van der Waals surface area contributed by atoms with Crippen molar-refractivity contribution in [3.8, 4) is 5.75 Å². The predicted octanol–water partition coefficient (Wildman–Crippen LogP) is 1.19. The fourth-order valence-electron chi connectivity index (χ4n) is 3.01. The Kier molecular flexibility index (Phi) is 7.56. The summed E-state index contributed by atoms with van der Waals surface area (Å²) in [5.41, 5.74) is 4.42. The molecule has 0 saturated carbocycles. The summed E-state index contributed by atoms with van der Waals surface area (Å²) in [4.78, 5) is 46.2. The maximum absolute atomic E-state index is 12.0. The Labute approximate surface area is 183 Å². The standard InChI is InChI=1S/C19H23N7O6/c1-2-31-19(28)25-10-8-24(9-11-25)18-16(26(29)30)17(20-13-21-18)23-22-15(27)12-32-14-6-4-3-5-7-14/h3-7,13H,2,8-12H2,1H3,(H,22,27)(H,20,21,23). The lowest BCUT2D eigenvalue weighted by molar-refractivity contribution is -0.383. The van der Waals surface area contributed by atoms with Crippen LogP contribution in [0.2, 0.25) is 0 Å². The number of amides is 2. The van der Waals surface area contributed by atoms with E-state index in [1.54, 1.807) is 36.1 Å². The van der Waals surface area contributed by atoms with Crippen LogP contribution in [-0.2, 0) is 9.53 Å². The topological polar surface area (TPSA) is 152 Å². The number of hydrazine groups is 1. The number of nitrogens with one attached hydrogen (secondary N) is 2. The number of carbonyl (C=O) groups is 2. The highest BCUT2D eigenvalue weighted by Crippen LogP contribution is 2.31. The Morgan fingerprint density at radius 2 is 1.88 bits per heavy atom. The fourth-order valence-corrected chi connectivity index (χ4v) is 3.01. The second-order valence-corrected chi connectivity index (χ2v) is 6.60. The fraction of sp³-hybridized carbons (Fsp3) is 0.368. The van der Waals surface area contributed by atoms with Gasteiger partial charge in [0.1, 0.15) is 12.1 Å². The molecule has 0 aliphatic carbocycles. The molecule has 13 heteroatoms. The number of para-hydroxylation sites is 1. The first kappa shape index (κ1) is 22.5. The van der Waals surface area contributed by atoms with E-state index in [0.717, 1.165) is 6.33 Å². The molecule has 32 heavy (non-hydrogen) atoms. The predicted molar refractivity (Wildman–Crippen MR) is 113 cm³/mol. The molecule has 2 amide bonds. The van der Waals surface area contributed by atoms with E-state index in [0.29, 0.717) is 31.9 Å². The molecule has 0 unspecified atom stereocenters. The molecular formula is C19H23N7O6. The molecule has 0 radical (unpaired) electrons. The van der Waals surface area contributed by atoms with Crippen molar-refractivity contribution in [3.05, 3.63) is 46.8 Å². The smallest absolute Gasteiger partial charge is 0.409 e. The average Bonchev–Trinajstić information content (AvgIpc) is 2.82. The minimum absolute atomic E-state index is 0.0887. The molecule has 0 spiro atoms. The van der Waals surface area contributed by atoms with Crippen LogP contribution in [-0.4, -0.2) is 71.2 Å². The van der Waals surface area contributed by atoms with Crippen LogP contribution in [0.25, 0.3) is 0 Å². The van der Waals surface area contributed by atoms with E-state index in [-0.39, 0.29) is 30.5 Å². The summed E-state index contributed by atoms with van der Waals surface area (Å²) in [5, 5.41) is 11.7. The Hall–Kier alpha value is -4.16. The van der Waals surface area contributed by atoms with Gasteiger partial charge in [-0.1, -0.05) is 18.2 Å². The zero-order valence-corrected chi connectivity index (χ0v) is 17.4. The average molecular weight is 445 g/mol. The van der Waals surface area contributed by atoms with Gasteiger partial charge in [0, 0.05) is 26.2 Å². The molecule has 13 nitrogen and oxygen atoms in total. The minimum Gasteiger partial charge on any atom is -0.484 e. The molecular weight excluding hydrogens is 422 g/mol. The van der Waals surface area contributed by atoms with Crippen LogP contribution in [0.4, 0.5) is 22.1 Å². The quantitative estimate of drug-likeness (QED) is 0.447. The molecule has 1 aliphatic rings. The molecule has 1 aromatic carbocycles. The van der Waals surface area contributed by atoms with E-state index in [1.165, 1.54) is 4.90 Å². The third-order valence-corrected chi connectivity index (χ3v) is 4.52. The minimum atomic E-state index is -0.623. The summed E-state index contributed by atoms with van der Waals surface area (Å²) in [6.07, 6.45) is 0.738. The SMILES string of the molecule is CCOC(=O)N1CCN(c2ncnc(NNC(=O)COc3ccccc3)c2[N+](=O)[O-])CC1. The number of carbonyl (C=O) groups excluding carboxylic acids is 2. The first-order chi connectivity index (χ1) is 15.5. The number of hydrogen-bond acceptors (Lipinski definition) is 10. The Morgan fingerprint density at radius 3 is 2.53 bits per heavy atom. The molecule has 2 N–H and O–H groups in total. The van der Waals surface area contributed by atoms with Crippen molar-refractivity contribution in [1.29, 1.82) is 0 Å². The van der Waals surface area contributed by atoms with Gasteiger partial charge in [-0.05, 0) is 19.1 Å². The van der Waals surface area contributed by atoms with E-state index < -0.39 is 16.9 Å². The van der Waals surface area contributed by atoms with Crippen molar-refractivity contribution in [2.24, 2.45) is 0 Å². The van der Waals surface area contributed by atoms with Gasteiger partial charge < -0.3 is 19.3 Å². The molecule has 1 aliphatic heterocycles. The highest BCUT2D eigenvalue weighted by atomic mass is 16.6. The van der Waals surface area contributed by atoms with E-state index in [9.17, 15) is 19.7 Å². The van der Waals surface area contributed by atoms with Gasteiger partial charge in [-0.3, -0.25) is 25.8 Å². The first-order valence-electron chi connectivity index (χ1n) is 9.88. The van der Waals surface area contributed by atoms with Gasteiger partial charge in [0.25, 0.3) is 5.91 Å². The number of nitro groups is 1. The lowest BCUT2D eigenvalue weighted by Crippen LogP contribution is -2.49. The highest BCUT2D eigenvalue weighted by molar-refractivity contribution is 5.80. The number of aromatic nitrogens is 2. The van der Waals surface area contributed by atoms with Crippen molar-refractivity contribution in [2.75, 3.05) is 49.7 Å². The Morgan fingerprint density at radius 1 is 1.16 bits per heavy atom. The van der Waals surface area contributed by atoms with E-state index in [1.807, 2.05) is 6.07 Å². The van der Waals surface area contributed by atoms with Gasteiger partial charge in [-0.25, -0.2) is 14.8 Å². The van der Waals surface area contributed by atoms with Crippen molar-refractivity contribution in [2.45, 2.75) is 6.92 Å². The van der Waals surface area contributed by atoms with Gasteiger partial charge >= 0.3 is 11.8 Å². The summed E-state index contributed by atoms with van der Waals surface area (Å²) in [7, 11) is 0. The van der Waals surface area contributed by atoms with Crippen LogP contribution in [0.15, 0.2) is 36.7 Å². The molecule has 1 fully saturated rings. The van der Waals surface area contributed by atoms with E-state index >= 15 is 0 Å². The second kappa shape index (κ2) is 10.7. The van der Waals surface area contributed by atoms with Gasteiger partial charge in [-0.15, -0.1) is 0 Å². The number of benzene rings is 1. The third kappa shape index (κ3) is 5.71. The van der Waals surface area contributed by atoms with Crippen LogP contribution in [0.1, 0.15) is 6.92 Å². The highest BCUT2D eigenvalue weighted by Gasteiger charge is 2.30. The van der Waals surface area contributed by atoms with Gasteiger partial charge in [0.05, 0.1) is 11.5 Å². The van der Waals surface area contributed by atoms with Crippen LogP contribution in [0.5, 0.6) is 5.75 Å². The molecule has 170 valence electrons. The van der Waals surface area contributed by atoms with Crippen molar-refractivity contribution in [1.82, 2.24) is 20.3 Å². The summed E-state index contributed by atoms with van der Waals surface area (Å²) >= 11 is 0. The molecule has 1 saturated heterocycles. The normalized spacial score (nSPS) is 13.3. The molecule has 0 bridgehead atoms. The lowest BCUT2D eigenvalue weighted by atomic mass is 10.3. The van der Waals surface area contributed by atoms with Crippen LogP contribution < -0.4 is 20.5 Å². The van der Waals surface area contributed by atoms with Gasteiger partial charge in [-0.2, -0.15) is 0 Å². The Bertz CT molecular complexity index is 950. The summed E-state index contributed by atoms with van der Waals surface area (Å²) in [6.45, 7) is 3.01. The zero-order chi connectivity index (χ0) is 22.9. The molecule has 2 aromatic rings. The van der Waals surface area contributed by atoms with E-state index in [4.69, 9.17) is 9.47 Å². The number of piperazine rings is 1. The van der Waals surface area contributed by atoms with Crippen molar-refractivity contribution < 1.29 is 24.0 Å². The number of anilines is 2. The molecule has 2 heterocycles. The van der Waals surface area contributed by atoms with Crippen LogP contribution >= 0.6 is 0 Å². The second-order valence-electron chi connectivity index (χ2n) is 6.60. The number of nitrogens with zero attached hydrogens (tertiary/aromatic N) is 5. The Balaban J connectivity index is 1.63. The molecule has 0 atom stereocenters. The largest absolute Gasteiger partial charge is 0.484 e. The van der Waals surface area contributed by atoms with Crippen LogP contribution in [0.3, 0.4) is 0 Å². The lowest BCUT2D eigenvalue weighted by Gasteiger charge is -2.34. The zero-order valence-electron chi connectivity index (χ0n) is 17.4. The summed E-state index contributed by atoms with van der Waals surface area (Å²) < 4.78 is 10.3. The maximum Gasteiger partial charge on any atom is 0.409 e. The number of rotatable bonds is 8. The van der Waals surface area contributed by atoms with Gasteiger partial charge in [0.15, 0.2) is 6.61 Å². The summed E-state index contributed by atoms with van der Waals surface area (Å²) in [6, 6.07) is 8.75. The number of ether oxygens (including phenoxy) is 2. The van der Waals surface area contributed by atoms with Crippen LogP contribution in [0, 0.1) is 10.1 Å².